The standard InChI is InChI=1S/C18H21N5/c1-14-3-5-15(6-4-14)16-13-18(22-11-9-21(2)10-12-22)23-17(20-16)7-8-19-23/h3-8,13H,9-12H2,1-2H3. The van der Waals surface area contributed by atoms with Crippen LogP contribution >= 0.6 is 0 Å². The third kappa shape index (κ3) is 2.68. The van der Waals surface area contributed by atoms with Crippen LogP contribution in [0.2, 0.25) is 0 Å². The zero-order chi connectivity index (χ0) is 15.8. The molecule has 1 aliphatic rings. The van der Waals surface area contributed by atoms with Crippen LogP contribution in [0.1, 0.15) is 5.56 Å². The molecule has 2 aromatic heterocycles. The number of hydrogen-bond acceptors (Lipinski definition) is 4. The van der Waals surface area contributed by atoms with Gasteiger partial charge in [-0.05, 0) is 14.0 Å². The second-order valence-corrected chi connectivity index (χ2v) is 6.26. The van der Waals surface area contributed by atoms with Gasteiger partial charge < -0.3 is 9.80 Å². The van der Waals surface area contributed by atoms with Crippen molar-refractivity contribution < 1.29 is 0 Å². The molecule has 0 spiro atoms. The Kier molecular flexibility index (Phi) is 3.50. The molecule has 0 atom stereocenters. The van der Waals surface area contributed by atoms with E-state index in [-0.39, 0.29) is 0 Å². The first-order chi connectivity index (χ1) is 11.2. The van der Waals surface area contributed by atoms with E-state index in [1.807, 2.05) is 16.8 Å². The summed E-state index contributed by atoms with van der Waals surface area (Å²) in [6.07, 6.45) is 1.82. The minimum atomic E-state index is 0.900. The maximum Gasteiger partial charge on any atom is 0.157 e. The van der Waals surface area contributed by atoms with Crippen LogP contribution in [0.4, 0.5) is 5.82 Å². The fourth-order valence-corrected chi connectivity index (χ4v) is 3.03. The molecule has 118 valence electrons. The van der Waals surface area contributed by atoms with E-state index in [9.17, 15) is 0 Å². The molecule has 5 heteroatoms. The van der Waals surface area contributed by atoms with Crippen LogP contribution < -0.4 is 4.90 Å². The molecule has 1 aliphatic heterocycles. The highest BCUT2D eigenvalue weighted by Gasteiger charge is 2.18. The highest BCUT2D eigenvalue weighted by atomic mass is 15.4. The van der Waals surface area contributed by atoms with Crippen molar-refractivity contribution in [3.05, 3.63) is 48.2 Å². The van der Waals surface area contributed by atoms with E-state index >= 15 is 0 Å². The van der Waals surface area contributed by atoms with E-state index < -0.39 is 0 Å². The van der Waals surface area contributed by atoms with Crippen molar-refractivity contribution in [3.63, 3.8) is 0 Å². The SMILES string of the molecule is Cc1ccc(-c2cc(N3CCN(C)CC3)n3nccc3n2)cc1. The second-order valence-electron chi connectivity index (χ2n) is 6.26. The Bertz CT molecular complexity index is 813. The van der Waals surface area contributed by atoms with Gasteiger partial charge in [0.1, 0.15) is 5.82 Å². The summed E-state index contributed by atoms with van der Waals surface area (Å²) in [4.78, 5) is 9.53. The predicted molar refractivity (Wildman–Crippen MR) is 92.9 cm³/mol. The van der Waals surface area contributed by atoms with Crippen LogP contribution in [0.25, 0.3) is 16.9 Å². The monoisotopic (exact) mass is 307 g/mol. The molecule has 0 radical (unpaired) electrons. The van der Waals surface area contributed by atoms with E-state index in [0.29, 0.717) is 0 Å². The predicted octanol–water partition coefficient (Wildman–Crippen LogP) is 2.46. The van der Waals surface area contributed by atoms with E-state index in [0.717, 1.165) is 48.9 Å². The molecule has 1 aromatic carbocycles. The smallest absolute Gasteiger partial charge is 0.157 e. The third-order valence-electron chi connectivity index (χ3n) is 4.52. The molecular formula is C18H21N5. The lowest BCUT2D eigenvalue weighted by molar-refractivity contribution is 0.311. The fraction of sp³-hybridized carbons (Fsp3) is 0.333. The number of aryl methyl sites for hydroxylation is 1. The summed E-state index contributed by atoms with van der Waals surface area (Å²) in [6.45, 7) is 6.29. The van der Waals surface area contributed by atoms with Crippen molar-refractivity contribution in [1.29, 1.82) is 0 Å². The number of fused-ring (bicyclic) bond motifs is 1. The van der Waals surface area contributed by atoms with Crippen LogP contribution in [0.5, 0.6) is 0 Å². The Morgan fingerprint density at radius 3 is 2.43 bits per heavy atom. The summed E-state index contributed by atoms with van der Waals surface area (Å²) < 4.78 is 1.95. The number of benzene rings is 1. The quantitative estimate of drug-likeness (QED) is 0.729. The van der Waals surface area contributed by atoms with E-state index in [2.05, 4.69) is 59.2 Å². The molecule has 0 N–H and O–H groups in total. The first-order valence-corrected chi connectivity index (χ1v) is 8.06. The first-order valence-electron chi connectivity index (χ1n) is 8.06. The molecule has 0 saturated carbocycles. The largest absolute Gasteiger partial charge is 0.354 e. The molecular weight excluding hydrogens is 286 g/mol. The second kappa shape index (κ2) is 5.66. The highest BCUT2D eigenvalue weighted by Crippen LogP contribution is 2.25. The Hall–Kier alpha value is -2.40. The minimum Gasteiger partial charge on any atom is -0.354 e. The van der Waals surface area contributed by atoms with E-state index in [4.69, 9.17) is 4.98 Å². The maximum absolute atomic E-state index is 4.77. The molecule has 1 fully saturated rings. The summed E-state index contributed by atoms with van der Waals surface area (Å²) in [6, 6.07) is 12.7. The molecule has 3 aromatic rings. The third-order valence-corrected chi connectivity index (χ3v) is 4.52. The first kappa shape index (κ1) is 14.2. The van der Waals surface area contributed by atoms with Crippen molar-refractivity contribution in [2.75, 3.05) is 38.1 Å². The van der Waals surface area contributed by atoms with Crippen LogP contribution in [0.3, 0.4) is 0 Å². The van der Waals surface area contributed by atoms with Gasteiger partial charge in [0, 0.05) is 43.9 Å². The normalized spacial score (nSPS) is 16.2. The van der Waals surface area contributed by atoms with Gasteiger partial charge in [-0.2, -0.15) is 9.61 Å². The summed E-state index contributed by atoms with van der Waals surface area (Å²) in [7, 11) is 2.17. The number of piperazine rings is 1. The van der Waals surface area contributed by atoms with Gasteiger partial charge in [-0.25, -0.2) is 4.98 Å². The average Bonchev–Trinajstić information content (AvgIpc) is 3.04. The Labute approximate surface area is 136 Å². The molecule has 4 rings (SSSR count). The minimum absolute atomic E-state index is 0.900. The molecule has 1 saturated heterocycles. The number of hydrogen-bond donors (Lipinski definition) is 0. The van der Waals surface area contributed by atoms with Crippen LogP contribution in [0.15, 0.2) is 42.6 Å². The average molecular weight is 307 g/mol. The molecule has 0 bridgehead atoms. The van der Waals surface area contributed by atoms with Crippen molar-refractivity contribution >= 4 is 11.5 Å². The number of aromatic nitrogens is 3. The van der Waals surface area contributed by atoms with Crippen molar-refractivity contribution in [2.24, 2.45) is 0 Å². The Morgan fingerprint density at radius 2 is 1.70 bits per heavy atom. The molecule has 0 unspecified atom stereocenters. The van der Waals surface area contributed by atoms with Gasteiger partial charge in [-0.1, -0.05) is 29.8 Å². The zero-order valence-electron chi connectivity index (χ0n) is 13.6. The van der Waals surface area contributed by atoms with Crippen molar-refractivity contribution in [1.82, 2.24) is 19.5 Å². The maximum atomic E-state index is 4.77. The summed E-state index contributed by atoms with van der Waals surface area (Å²) in [5.74, 6) is 1.13. The van der Waals surface area contributed by atoms with Gasteiger partial charge in [0.15, 0.2) is 5.65 Å². The van der Waals surface area contributed by atoms with Gasteiger partial charge in [0.2, 0.25) is 0 Å². The number of nitrogens with zero attached hydrogens (tertiary/aromatic N) is 5. The molecule has 0 aliphatic carbocycles. The Balaban J connectivity index is 1.79. The van der Waals surface area contributed by atoms with Crippen LogP contribution in [0, 0.1) is 6.92 Å². The lowest BCUT2D eigenvalue weighted by Gasteiger charge is -2.34. The van der Waals surface area contributed by atoms with Crippen molar-refractivity contribution in [2.45, 2.75) is 6.92 Å². The van der Waals surface area contributed by atoms with Crippen LogP contribution in [-0.4, -0.2) is 52.7 Å². The molecule has 3 heterocycles. The Morgan fingerprint density at radius 1 is 0.957 bits per heavy atom. The van der Waals surface area contributed by atoms with Gasteiger partial charge in [0.05, 0.1) is 11.9 Å². The fourth-order valence-electron chi connectivity index (χ4n) is 3.03. The van der Waals surface area contributed by atoms with Crippen LogP contribution in [-0.2, 0) is 0 Å². The molecule has 0 amide bonds. The topological polar surface area (TPSA) is 36.7 Å². The van der Waals surface area contributed by atoms with Gasteiger partial charge in [0.25, 0.3) is 0 Å². The van der Waals surface area contributed by atoms with Gasteiger partial charge in [-0.15, -0.1) is 0 Å². The number of rotatable bonds is 2. The molecule has 5 nitrogen and oxygen atoms in total. The van der Waals surface area contributed by atoms with Gasteiger partial charge >= 0.3 is 0 Å². The van der Waals surface area contributed by atoms with Crippen molar-refractivity contribution in [3.8, 4) is 11.3 Å². The summed E-state index contributed by atoms with van der Waals surface area (Å²) in [5, 5.41) is 4.46. The zero-order valence-corrected chi connectivity index (χ0v) is 13.6. The van der Waals surface area contributed by atoms with E-state index in [1.165, 1.54) is 5.56 Å². The van der Waals surface area contributed by atoms with Gasteiger partial charge in [-0.3, -0.25) is 0 Å². The lowest BCUT2D eigenvalue weighted by atomic mass is 10.1. The number of likely N-dealkylation sites (N-methyl/N-ethyl adjacent to an activating group) is 1. The number of anilines is 1. The highest BCUT2D eigenvalue weighted by molar-refractivity contribution is 5.67. The summed E-state index contributed by atoms with van der Waals surface area (Å²) in [5.41, 5.74) is 4.32. The summed E-state index contributed by atoms with van der Waals surface area (Å²) >= 11 is 0. The van der Waals surface area contributed by atoms with E-state index in [1.54, 1.807) is 0 Å². The molecule has 23 heavy (non-hydrogen) atoms. The lowest BCUT2D eigenvalue weighted by Crippen LogP contribution is -2.45.